The first-order valence-electron chi connectivity index (χ1n) is 3.02. The standard InChI is InChI=1S/C6H10O4/c1-2-4(7)3-5(8)6(9)10/h4,7H,2-3H2,1H3,(H,9,10). The van der Waals surface area contributed by atoms with E-state index >= 15 is 0 Å². The van der Waals surface area contributed by atoms with Gasteiger partial charge in [-0.3, -0.25) is 4.79 Å². The Balaban J connectivity index is 3.68. The van der Waals surface area contributed by atoms with E-state index in [4.69, 9.17) is 10.2 Å². The van der Waals surface area contributed by atoms with Gasteiger partial charge in [0.2, 0.25) is 5.78 Å². The lowest BCUT2D eigenvalue weighted by Crippen LogP contribution is -2.19. The van der Waals surface area contributed by atoms with Crippen molar-refractivity contribution in [2.24, 2.45) is 0 Å². The summed E-state index contributed by atoms with van der Waals surface area (Å²) in [7, 11) is 0. The molecule has 1 atom stereocenters. The summed E-state index contributed by atoms with van der Waals surface area (Å²) >= 11 is 0. The molecule has 0 saturated heterocycles. The number of carbonyl (C=O) groups excluding carboxylic acids is 1. The van der Waals surface area contributed by atoms with Gasteiger partial charge in [0.05, 0.1) is 6.10 Å². The van der Waals surface area contributed by atoms with Crippen LogP contribution in [0.4, 0.5) is 0 Å². The van der Waals surface area contributed by atoms with E-state index in [0.717, 1.165) is 0 Å². The number of aliphatic hydroxyl groups excluding tert-OH is 1. The number of carboxylic acids is 1. The maximum absolute atomic E-state index is 10.4. The number of aliphatic hydroxyl groups is 1. The third kappa shape index (κ3) is 3.19. The molecule has 0 fully saturated rings. The van der Waals surface area contributed by atoms with Crippen molar-refractivity contribution in [2.75, 3.05) is 0 Å². The van der Waals surface area contributed by atoms with Crippen molar-refractivity contribution in [2.45, 2.75) is 25.9 Å². The molecule has 0 spiro atoms. The SMILES string of the molecule is CCC(O)CC(=O)C(=O)O. The molecule has 0 rings (SSSR count). The molecular weight excluding hydrogens is 136 g/mol. The minimum atomic E-state index is -1.48. The number of hydrogen-bond donors (Lipinski definition) is 2. The summed E-state index contributed by atoms with van der Waals surface area (Å²) in [5.41, 5.74) is 0. The first-order chi connectivity index (χ1) is 4.57. The number of carboxylic acid groups (broad SMARTS) is 1. The van der Waals surface area contributed by atoms with E-state index in [0.29, 0.717) is 6.42 Å². The van der Waals surface area contributed by atoms with Crippen molar-refractivity contribution in [1.29, 1.82) is 0 Å². The lowest BCUT2D eigenvalue weighted by molar-refractivity contribution is -0.150. The molecule has 0 aromatic heterocycles. The third-order valence-electron chi connectivity index (χ3n) is 1.13. The average molecular weight is 146 g/mol. The quantitative estimate of drug-likeness (QED) is 0.538. The highest BCUT2D eigenvalue weighted by molar-refractivity contribution is 6.32. The second kappa shape index (κ2) is 4.00. The molecule has 0 heterocycles. The van der Waals surface area contributed by atoms with Crippen molar-refractivity contribution in [1.82, 2.24) is 0 Å². The maximum atomic E-state index is 10.4. The van der Waals surface area contributed by atoms with Crippen molar-refractivity contribution >= 4 is 11.8 Å². The first-order valence-corrected chi connectivity index (χ1v) is 3.02. The van der Waals surface area contributed by atoms with Crippen LogP contribution in [0.1, 0.15) is 19.8 Å². The van der Waals surface area contributed by atoms with E-state index in [1.54, 1.807) is 6.92 Å². The summed E-state index contributed by atoms with van der Waals surface area (Å²) in [6.45, 7) is 1.68. The van der Waals surface area contributed by atoms with Gasteiger partial charge in [0.25, 0.3) is 0 Å². The zero-order valence-electron chi connectivity index (χ0n) is 5.70. The third-order valence-corrected chi connectivity index (χ3v) is 1.13. The Hall–Kier alpha value is -0.900. The summed E-state index contributed by atoms with van der Waals surface area (Å²) in [6, 6.07) is 0. The van der Waals surface area contributed by atoms with Crippen molar-refractivity contribution in [3.05, 3.63) is 0 Å². The van der Waals surface area contributed by atoms with Gasteiger partial charge >= 0.3 is 5.97 Å². The predicted molar refractivity (Wildman–Crippen MR) is 33.6 cm³/mol. The molecule has 0 aromatic carbocycles. The van der Waals surface area contributed by atoms with Crippen LogP contribution in [0.15, 0.2) is 0 Å². The van der Waals surface area contributed by atoms with Gasteiger partial charge in [0.15, 0.2) is 0 Å². The highest BCUT2D eigenvalue weighted by atomic mass is 16.4. The first kappa shape index (κ1) is 9.10. The largest absolute Gasteiger partial charge is 0.475 e. The Labute approximate surface area is 58.5 Å². The van der Waals surface area contributed by atoms with E-state index < -0.39 is 17.9 Å². The van der Waals surface area contributed by atoms with Gasteiger partial charge in [-0.25, -0.2) is 4.79 Å². The van der Waals surface area contributed by atoms with Gasteiger partial charge in [-0.2, -0.15) is 0 Å². The molecular formula is C6H10O4. The Morgan fingerprint density at radius 1 is 1.50 bits per heavy atom. The second-order valence-corrected chi connectivity index (χ2v) is 1.99. The Morgan fingerprint density at radius 3 is 2.30 bits per heavy atom. The van der Waals surface area contributed by atoms with Crippen LogP contribution in [0.5, 0.6) is 0 Å². The Kier molecular flexibility index (Phi) is 3.64. The summed E-state index contributed by atoms with van der Waals surface area (Å²) in [5, 5.41) is 16.9. The van der Waals surface area contributed by atoms with E-state index in [9.17, 15) is 9.59 Å². The number of Topliss-reactive ketones (excluding diaryl/α,β-unsaturated/α-hetero) is 1. The maximum Gasteiger partial charge on any atom is 0.372 e. The molecule has 0 aliphatic heterocycles. The molecule has 0 aromatic rings. The fourth-order valence-electron chi connectivity index (χ4n) is 0.446. The molecule has 0 aliphatic carbocycles. The van der Waals surface area contributed by atoms with Gasteiger partial charge in [-0.05, 0) is 6.42 Å². The molecule has 0 aliphatic rings. The van der Waals surface area contributed by atoms with Crippen LogP contribution in [0.25, 0.3) is 0 Å². The zero-order valence-corrected chi connectivity index (χ0v) is 5.70. The number of ketones is 1. The van der Waals surface area contributed by atoms with Crippen molar-refractivity contribution in [3.63, 3.8) is 0 Å². The van der Waals surface area contributed by atoms with Crippen LogP contribution in [0.3, 0.4) is 0 Å². The number of carbonyl (C=O) groups is 2. The van der Waals surface area contributed by atoms with Crippen LogP contribution in [-0.4, -0.2) is 28.1 Å². The van der Waals surface area contributed by atoms with Crippen LogP contribution in [0.2, 0.25) is 0 Å². The van der Waals surface area contributed by atoms with Gasteiger partial charge < -0.3 is 10.2 Å². The minimum absolute atomic E-state index is 0.286. The highest BCUT2D eigenvalue weighted by Gasteiger charge is 2.14. The molecule has 2 N–H and O–H groups in total. The number of hydrogen-bond acceptors (Lipinski definition) is 3. The smallest absolute Gasteiger partial charge is 0.372 e. The van der Waals surface area contributed by atoms with E-state index in [1.807, 2.05) is 0 Å². The molecule has 0 saturated carbocycles. The van der Waals surface area contributed by atoms with E-state index in [1.165, 1.54) is 0 Å². The second-order valence-electron chi connectivity index (χ2n) is 1.99. The molecule has 4 nitrogen and oxygen atoms in total. The zero-order chi connectivity index (χ0) is 8.15. The lowest BCUT2D eigenvalue weighted by atomic mass is 10.1. The van der Waals surface area contributed by atoms with Crippen LogP contribution in [-0.2, 0) is 9.59 Å². The molecule has 1 unspecified atom stereocenters. The van der Waals surface area contributed by atoms with E-state index in [-0.39, 0.29) is 6.42 Å². The van der Waals surface area contributed by atoms with Crippen LogP contribution in [0, 0.1) is 0 Å². The molecule has 4 heteroatoms. The Bertz CT molecular complexity index is 141. The minimum Gasteiger partial charge on any atom is -0.475 e. The molecule has 58 valence electrons. The van der Waals surface area contributed by atoms with Crippen molar-refractivity contribution in [3.8, 4) is 0 Å². The monoisotopic (exact) mass is 146 g/mol. The predicted octanol–water partition coefficient (Wildman–Crippen LogP) is -0.199. The highest BCUT2D eigenvalue weighted by Crippen LogP contribution is 1.96. The number of rotatable bonds is 4. The molecule has 10 heavy (non-hydrogen) atoms. The number of aliphatic carboxylic acids is 1. The lowest BCUT2D eigenvalue weighted by Gasteiger charge is -2.01. The van der Waals surface area contributed by atoms with Crippen molar-refractivity contribution < 1.29 is 19.8 Å². The fraction of sp³-hybridized carbons (Fsp3) is 0.667. The van der Waals surface area contributed by atoms with Crippen LogP contribution < -0.4 is 0 Å². The molecule has 0 amide bonds. The fourth-order valence-corrected chi connectivity index (χ4v) is 0.446. The average Bonchev–Trinajstić information content (AvgIpc) is 1.87. The van der Waals surface area contributed by atoms with Gasteiger partial charge in [0, 0.05) is 6.42 Å². The van der Waals surface area contributed by atoms with Gasteiger partial charge in [-0.1, -0.05) is 6.92 Å². The topological polar surface area (TPSA) is 74.6 Å². The van der Waals surface area contributed by atoms with E-state index in [2.05, 4.69) is 0 Å². The van der Waals surface area contributed by atoms with Gasteiger partial charge in [-0.15, -0.1) is 0 Å². The normalized spacial score (nSPS) is 12.6. The Morgan fingerprint density at radius 2 is 2.00 bits per heavy atom. The summed E-state index contributed by atoms with van der Waals surface area (Å²) in [4.78, 5) is 20.2. The van der Waals surface area contributed by atoms with Crippen LogP contribution >= 0.6 is 0 Å². The summed E-state index contributed by atoms with van der Waals surface area (Å²) in [5.74, 6) is -2.41. The van der Waals surface area contributed by atoms with Gasteiger partial charge in [0.1, 0.15) is 0 Å². The molecule has 0 radical (unpaired) electrons. The summed E-state index contributed by atoms with van der Waals surface area (Å²) < 4.78 is 0. The molecule has 0 bridgehead atoms. The summed E-state index contributed by atoms with van der Waals surface area (Å²) in [6.07, 6.45) is -0.700.